The number of carbonyl (C=O) groups is 1. The number of nitrogens with zero attached hydrogens (tertiary/aromatic N) is 5. The largest absolute Gasteiger partial charge is 0.272 e. The molecule has 0 saturated carbocycles. The number of nitrogens with one attached hydrogen (secondary N) is 1. The van der Waals surface area contributed by atoms with Gasteiger partial charge in [0, 0.05) is 28.5 Å². The molecule has 10 heteroatoms. The lowest BCUT2D eigenvalue weighted by molar-refractivity contribution is -0.118. The van der Waals surface area contributed by atoms with Crippen molar-refractivity contribution in [3.05, 3.63) is 75.2 Å². The quantitative estimate of drug-likeness (QED) is 0.220. The average Bonchev–Trinajstić information content (AvgIpc) is 3.39. The van der Waals surface area contributed by atoms with Gasteiger partial charge in [0.05, 0.1) is 15.8 Å². The molecular formula is C21H17BrN6OS2. The van der Waals surface area contributed by atoms with E-state index in [-0.39, 0.29) is 11.7 Å². The second kappa shape index (κ2) is 9.99. The van der Waals surface area contributed by atoms with E-state index in [0.717, 1.165) is 25.5 Å². The van der Waals surface area contributed by atoms with Crippen LogP contribution in [0.5, 0.6) is 0 Å². The van der Waals surface area contributed by atoms with E-state index in [2.05, 4.69) is 41.6 Å². The number of pyridine rings is 1. The molecule has 31 heavy (non-hydrogen) atoms. The first-order valence-corrected chi connectivity index (χ1v) is 11.8. The molecule has 0 radical (unpaired) electrons. The molecule has 0 aliphatic heterocycles. The Morgan fingerprint density at radius 1 is 1.16 bits per heavy atom. The van der Waals surface area contributed by atoms with Crippen molar-refractivity contribution in [1.29, 1.82) is 0 Å². The van der Waals surface area contributed by atoms with E-state index in [1.807, 2.05) is 60.0 Å². The summed E-state index contributed by atoms with van der Waals surface area (Å²) in [6.45, 7) is 2.04. The highest BCUT2D eigenvalue weighted by atomic mass is 79.9. The van der Waals surface area contributed by atoms with Gasteiger partial charge in [-0.3, -0.25) is 14.3 Å². The lowest BCUT2D eigenvalue weighted by Crippen LogP contribution is -2.19. The smallest absolute Gasteiger partial charge is 0.250 e. The van der Waals surface area contributed by atoms with Crippen LogP contribution in [0.1, 0.15) is 10.4 Å². The second-order valence-electron chi connectivity index (χ2n) is 6.44. The van der Waals surface area contributed by atoms with Gasteiger partial charge in [0.1, 0.15) is 0 Å². The highest BCUT2D eigenvalue weighted by molar-refractivity contribution is 9.11. The molecule has 0 bridgehead atoms. The zero-order valence-corrected chi connectivity index (χ0v) is 19.6. The Balaban J connectivity index is 1.51. The molecule has 0 saturated heterocycles. The van der Waals surface area contributed by atoms with Crippen molar-refractivity contribution < 1.29 is 4.79 Å². The number of aromatic nitrogens is 4. The van der Waals surface area contributed by atoms with Crippen LogP contribution in [0.15, 0.2) is 75.0 Å². The fourth-order valence-electron chi connectivity index (χ4n) is 2.71. The van der Waals surface area contributed by atoms with Crippen molar-refractivity contribution in [2.24, 2.45) is 5.10 Å². The summed E-state index contributed by atoms with van der Waals surface area (Å²) in [6, 6.07) is 15.7. The number of thioether (sulfide) groups is 1. The third-order valence-corrected chi connectivity index (χ3v) is 6.66. The number of hydrogen-bond acceptors (Lipinski definition) is 7. The van der Waals surface area contributed by atoms with Crippen LogP contribution in [-0.4, -0.2) is 37.6 Å². The summed E-state index contributed by atoms with van der Waals surface area (Å²) in [6.07, 6.45) is 5.05. The van der Waals surface area contributed by atoms with Crippen LogP contribution in [0.2, 0.25) is 0 Å². The summed E-state index contributed by atoms with van der Waals surface area (Å²) < 4.78 is 2.95. The van der Waals surface area contributed by atoms with Gasteiger partial charge in [-0.1, -0.05) is 29.5 Å². The summed E-state index contributed by atoms with van der Waals surface area (Å²) in [4.78, 5) is 17.3. The minimum absolute atomic E-state index is 0.159. The highest BCUT2D eigenvalue weighted by Gasteiger charge is 2.17. The molecule has 7 nitrogen and oxygen atoms in total. The van der Waals surface area contributed by atoms with Crippen molar-refractivity contribution in [2.45, 2.75) is 12.1 Å². The van der Waals surface area contributed by atoms with Crippen LogP contribution in [0.4, 0.5) is 0 Å². The molecule has 1 amide bonds. The molecule has 0 spiro atoms. The topological polar surface area (TPSA) is 85.1 Å². The summed E-state index contributed by atoms with van der Waals surface area (Å²) in [5.74, 6) is 0.627. The summed E-state index contributed by atoms with van der Waals surface area (Å²) >= 11 is 6.24. The van der Waals surface area contributed by atoms with Crippen LogP contribution in [0.25, 0.3) is 17.1 Å². The van der Waals surface area contributed by atoms with Crippen molar-refractivity contribution in [2.75, 3.05) is 5.75 Å². The maximum Gasteiger partial charge on any atom is 0.250 e. The van der Waals surface area contributed by atoms with Gasteiger partial charge in [0.2, 0.25) is 0 Å². The van der Waals surface area contributed by atoms with Gasteiger partial charge in [-0.2, -0.15) is 5.10 Å². The number of hydrogen-bond donors (Lipinski definition) is 1. The fourth-order valence-corrected chi connectivity index (χ4v) is 4.75. The molecule has 0 atom stereocenters. The Bertz CT molecular complexity index is 1200. The zero-order valence-electron chi connectivity index (χ0n) is 16.4. The fraction of sp³-hybridized carbons (Fsp3) is 0.0952. The van der Waals surface area contributed by atoms with E-state index in [9.17, 15) is 4.79 Å². The number of amides is 1. The average molecular weight is 513 g/mol. The number of rotatable bonds is 7. The zero-order chi connectivity index (χ0) is 21.6. The number of aryl methyl sites for hydroxylation is 1. The number of benzene rings is 1. The number of halogens is 1. The van der Waals surface area contributed by atoms with Gasteiger partial charge < -0.3 is 0 Å². The maximum absolute atomic E-state index is 12.3. The molecule has 4 aromatic rings. The monoisotopic (exact) mass is 512 g/mol. The summed E-state index contributed by atoms with van der Waals surface area (Å²) in [5, 5.41) is 13.3. The van der Waals surface area contributed by atoms with Gasteiger partial charge in [-0.05, 0) is 59.3 Å². The predicted octanol–water partition coefficient (Wildman–Crippen LogP) is 4.70. The number of carbonyl (C=O) groups excluding carboxylic acids is 1. The van der Waals surface area contributed by atoms with Crippen LogP contribution in [-0.2, 0) is 4.79 Å². The van der Waals surface area contributed by atoms with Crippen molar-refractivity contribution in [3.63, 3.8) is 0 Å². The van der Waals surface area contributed by atoms with Crippen molar-refractivity contribution in [3.8, 4) is 17.1 Å². The summed E-state index contributed by atoms with van der Waals surface area (Å²) in [5.41, 5.74) is 5.53. The molecule has 0 fully saturated rings. The van der Waals surface area contributed by atoms with Crippen LogP contribution in [0, 0.1) is 6.92 Å². The SMILES string of the molecule is Cc1ccc(-n2c(SCC(=O)N/N=C\c3ccc(Br)s3)nnc2-c2ccncc2)cc1. The highest BCUT2D eigenvalue weighted by Crippen LogP contribution is 2.27. The van der Waals surface area contributed by atoms with Crippen LogP contribution >= 0.6 is 39.0 Å². The lowest BCUT2D eigenvalue weighted by Gasteiger charge is -2.10. The third kappa shape index (κ3) is 5.46. The first kappa shape index (κ1) is 21.4. The van der Waals surface area contributed by atoms with Crippen LogP contribution < -0.4 is 5.43 Å². The van der Waals surface area contributed by atoms with E-state index in [0.29, 0.717) is 11.0 Å². The van der Waals surface area contributed by atoms with Gasteiger partial charge in [-0.25, -0.2) is 5.43 Å². The Labute approximate surface area is 195 Å². The van der Waals surface area contributed by atoms with Crippen LogP contribution in [0.3, 0.4) is 0 Å². The summed E-state index contributed by atoms with van der Waals surface area (Å²) in [7, 11) is 0. The molecule has 4 rings (SSSR count). The molecule has 1 N–H and O–H groups in total. The minimum atomic E-state index is -0.221. The van der Waals surface area contributed by atoms with E-state index < -0.39 is 0 Å². The Morgan fingerprint density at radius 3 is 2.65 bits per heavy atom. The molecule has 0 aliphatic rings. The first-order valence-electron chi connectivity index (χ1n) is 9.23. The van der Waals surface area contributed by atoms with Crippen molar-refractivity contribution in [1.82, 2.24) is 25.2 Å². The molecule has 0 unspecified atom stereocenters. The Morgan fingerprint density at radius 2 is 1.94 bits per heavy atom. The van der Waals surface area contributed by atoms with Gasteiger partial charge in [-0.15, -0.1) is 21.5 Å². The predicted molar refractivity (Wildman–Crippen MR) is 128 cm³/mol. The Hall–Kier alpha value is -2.82. The molecule has 156 valence electrons. The van der Waals surface area contributed by atoms with Crippen molar-refractivity contribution >= 4 is 51.2 Å². The first-order chi connectivity index (χ1) is 15.1. The number of thiophene rings is 1. The molecule has 3 heterocycles. The minimum Gasteiger partial charge on any atom is -0.272 e. The van der Waals surface area contributed by atoms with E-state index in [1.165, 1.54) is 23.1 Å². The lowest BCUT2D eigenvalue weighted by atomic mass is 10.2. The molecule has 0 aliphatic carbocycles. The van der Waals surface area contributed by atoms with Gasteiger partial charge in [0.15, 0.2) is 11.0 Å². The van der Waals surface area contributed by atoms with Gasteiger partial charge >= 0.3 is 0 Å². The van der Waals surface area contributed by atoms with Gasteiger partial charge in [0.25, 0.3) is 5.91 Å². The second-order valence-corrected chi connectivity index (χ2v) is 9.87. The molecule has 1 aromatic carbocycles. The standard InChI is InChI=1S/C21H17BrN6OS2/c1-14-2-4-16(5-3-14)28-20(15-8-10-23-11-9-15)26-27-21(28)30-13-19(29)25-24-12-17-6-7-18(22)31-17/h2-12H,13H2,1H3,(H,25,29)/b24-12-. The Kier molecular flexibility index (Phi) is 6.90. The van der Waals surface area contributed by atoms with E-state index >= 15 is 0 Å². The molecular weight excluding hydrogens is 496 g/mol. The maximum atomic E-state index is 12.3. The van der Waals surface area contributed by atoms with E-state index in [4.69, 9.17) is 0 Å². The third-order valence-electron chi connectivity index (χ3n) is 4.17. The van der Waals surface area contributed by atoms with E-state index in [1.54, 1.807) is 18.6 Å². The molecule has 3 aromatic heterocycles. The number of hydrazone groups is 1. The normalized spacial score (nSPS) is 11.2.